The molecule has 2 aromatic carbocycles. The minimum absolute atomic E-state index is 0.0500. The monoisotopic (exact) mass is 371 g/mol. The first-order chi connectivity index (χ1) is 12.4. The van der Waals surface area contributed by atoms with Gasteiger partial charge >= 0.3 is 0 Å². The molecule has 136 valence electrons. The summed E-state index contributed by atoms with van der Waals surface area (Å²) in [5.41, 5.74) is 3.77. The van der Waals surface area contributed by atoms with E-state index in [2.05, 4.69) is 14.9 Å². The predicted octanol–water partition coefficient (Wildman–Crippen LogP) is 3.02. The van der Waals surface area contributed by atoms with Crippen molar-refractivity contribution in [1.82, 2.24) is 14.9 Å². The van der Waals surface area contributed by atoms with Crippen molar-refractivity contribution in [2.75, 3.05) is 6.54 Å². The van der Waals surface area contributed by atoms with Gasteiger partial charge in [0.1, 0.15) is 0 Å². The van der Waals surface area contributed by atoms with Gasteiger partial charge in [-0.15, -0.1) is 10.2 Å². The van der Waals surface area contributed by atoms with Crippen LogP contribution in [0.3, 0.4) is 0 Å². The van der Waals surface area contributed by atoms with E-state index in [9.17, 15) is 8.42 Å². The maximum absolute atomic E-state index is 12.2. The van der Waals surface area contributed by atoms with Crippen LogP contribution < -0.4 is 4.72 Å². The highest BCUT2D eigenvalue weighted by Crippen LogP contribution is 2.21. The minimum atomic E-state index is -3.41. The molecule has 7 heteroatoms. The first-order valence-electron chi connectivity index (χ1n) is 8.34. The van der Waals surface area contributed by atoms with Crippen LogP contribution in [0.1, 0.15) is 22.6 Å². The molecule has 0 spiro atoms. The highest BCUT2D eigenvalue weighted by Gasteiger charge is 2.13. The number of sulfonamides is 1. The summed E-state index contributed by atoms with van der Waals surface area (Å²) in [4.78, 5) is 0. The molecule has 0 unspecified atom stereocenters. The number of nitrogens with zero attached hydrogens (tertiary/aromatic N) is 2. The van der Waals surface area contributed by atoms with Crippen LogP contribution in [0.4, 0.5) is 0 Å². The molecule has 3 rings (SSSR count). The van der Waals surface area contributed by atoms with Gasteiger partial charge in [-0.25, -0.2) is 13.1 Å². The molecular formula is C19H21N3O3S. The molecule has 0 saturated heterocycles. The summed E-state index contributed by atoms with van der Waals surface area (Å²) >= 11 is 0. The largest absolute Gasteiger partial charge is 0.421 e. The second kappa shape index (κ2) is 7.80. The van der Waals surface area contributed by atoms with Gasteiger partial charge < -0.3 is 4.42 Å². The molecule has 1 aromatic heterocycles. The summed E-state index contributed by atoms with van der Waals surface area (Å²) in [6.45, 7) is 4.15. The molecule has 1 N–H and O–H groups in total. The first kappa shape index (κ1) is 18.3. The zero-order valence-electron chi connectivity index (χ0n) is 14.8. The topological polar surface area (TPSA) is 85.1 Å². The van der Waals surface area contributed by atoms with Gasteiger partial charge in [-0.2, -0.15) is 0 Å². The van der Waals surface area contributed by atoms with Crippen molar-refractivity contribution in [3.63, 3.8) is 0 Å². The Labute approximate surface area is 153 Å². The Hall–Kier alpha value is -2.51. The molecule has 0 atom stereocenters. The molecule has 1 heterocycles. The van der Waals surface area contributed by atoms with E-state index >= 15 is 0 Å². The standard InChI is InChI=1S/C19H21N3O3S/c1-14-7-9-16(10-8-14)13-26(23,24)20-12-11-18-21-22-19(25-18)17-6-4-3-5-15(17)2/h3-10,20H,11-13H2,1-2H3. The molecule has 0 amide bonds. The molecule has 0 aliphatic rings. The Bertz CT molecular complexity index is 979. The van der Waals surface area contributed by atoms with Crippen LogP contribution >= 0.6 is 0 Å². The minimum Gasteiger partial charge on any atom is -0.421 e. The van der Waals surface area contributed by atoms with Crippen LogP contribution in [0.15, 0.2) is 52.9 Å². The summed E-state index contributed by atoms with van der Waals surface area (Å²) in [6.07, 6.45) is 0.339. The van der Waals surface area contributed by atoms with Crippen molar-refractivity contribution >= 4 is 10.0 Å². The van der Waals surface area contributed by atoms with Gasteiger partial charge in [-0.05, 0) is 31.0 Å². The number of nitrogens with one attached hydrogen (secondary N) is 1. The van der Waals surface area contributed by atoms with Crippen molar-refractivity contribution in [2.45, 2.75) is 26.0 Å². The van der Waals surface area contributed by atoms with Crippen molar-refractivity contribution < 1.29 is 12.8 Å². The maximum atomic E-state index is 12.2. The third kappa shape index (κ3) is 4.77. The fourth-order valence-corrected chi connectivity index (χ4v) is 3.69. The van der Waals surface area contributed by atoms with Crippen molar-refractivity contribution in [2.24, 2.45) is 0 Å². The maximum Gasteiger partial charge on any atom is 0.247 e. The van der Waals surface area contributed by atoms with Gasteiger partial charge in [-0.1, -0.05) is 48.0 Å². The summed E-state index contributed by atoms with van der Waals surface area (Å²) in [5, 5.41) is 8.04. The quantitative estimate of drug-likeness (QED) is 0.690. The van der Waals surface area contributed by atoms with Gasteiger partial charge in [0.15, 0.2) is 0 Å². The second-order valence-electron chi connectivity index (χ2n) is 6.20. The lowest BCUT2D eigenvalue weighted by Crippen LogP contribution is -2.27. The van der Waals surface area contributed by atoms with Gasteiger partial charge in [0.2, 0.25) is 21.8 Å². The lowest BCUT2D eigenvalue weighted by Gasteiger charge is -2.06. The Morgan fingerprint density at radius 3 is 2.46 bits per heavy atom. The summed E-state index contributed by atoms with van der Waals surface area (Å²) in [7, 11) is -3.41. The molecular weight excluding hydrogens is 350 g/mol. The van der Waals surface area contributed by atoms with Crippen LogP contribution in [0.5, 0.6) is 0 Å². The molecule has 0 bridgehead atoms. The number of aromatic nitrogens is 2. The van der Waals surface area contributed by atoms with Crippen LogP contribution in [0, 0.1) is 13.8 Å². The molecule has 0 aliphatic carbocycles. The SMILES string of the molecule is Cc1ccc(CS(=O)(=O)NCCc2nnc(-c3ccccc3C)o2)cc1. The van der Waals surface area contributed by atoms with E-state index in [4.69, 9.17) is 4.42 Å². The third-order valence-corrected chi connectivity index (χ3v) is 5.34. The number of hydrogen-bond acceptors (Lipinski definition) is 5. The molecule has 26 heavy (non-hydrogen) atoms. The van der Waals surface area contributed by atoms with Crippen molar-refractivity contribution in [3.8, 4) is 11.5 Å². The Morgan fingerprint density at radius 2 is 1.73 bits per heavy atom. The first-order valence-corrected chi connectivity index (χ1v) is 9.99. The normalized spacial score (nSPS) is 11.6. The summed E-state index contributed by atoms with van der Waals surface area (Å²) < 4.78 is 32.6. The number of rotatable bonds is 7. The molecule has 0 fully saturated rings. The molecule has 3 aromatic rings. The highest BCUT2D eigenvalue weighted by atomic mass is 32.2. The van der Waals surface area contributed by atoms with Crippen molar-refractivity contribution in [1.29, 1.82) is 0 Å². The lowest BCUT2D eigenvalue weighted by atomic mass is 10.1. The van der Waals surface area contributed by atoms with Gasteiger partial charge in [0.05, 0.1) is 5.75 Å². The van der Waals surface area contributed by atoms with Gasteiger partial charge in [-0.3, -0.25) is 0 Å². The number of benzene rings is 2. The van der Waals surface area contributed by atoms with Crippen molar-refractivity contribution in [3.05, 3.63) is 71.1 Å². The van der Waals surface area contributed by atoms with E-state index in [-0.39, 0.29) is 12.3 Å². The number of aryl methyl sites for hydroxylation is 2. The highest BCUT2D eigenvalue weighted by molar-refractivity contribution is 7.88. The molecule has 0 aliphatic heterocycles. The van der Waals surface area contributed by atoms with Gasteiger partial charge in [0.25, 0.3) is 0 Å². The average molecular weight is 371 g/mol. The zero-order chi connectivity index (χ0) is 18.6. The fourth-order valence-electron chi connectivity index (χ4n) is 2.54. The Kier molecular flexibility index (Phi) is 5.49. The van der Waals surface area contributed by atoms with E-state index in [0.717, 1.165) is 22.3 Å². The summed E-state index contributed by atoms with van der Waals surface area (Å²) in [6, 6.07) is 15.2. The third-order valence-electron chi connectivity index (χ3n) is 3.98. The number of hydrogen-bond donors (Lipinski definition) is 1. The lowest BCUT2D eigenvalue weighted by molar-refractivity contribution is 0.501. The van der Waals surface area contributed by atoms with Crippen LogP contribution in [0.2, 0.25) is 0 Å². The average Bonchev–Trinajstić information content (AvgIpc) is 3.05. The molecule has 0 saturated carbocycles. The van der Waals surface area contributed by atoms with E-state index < -0.39 is 10.0 Å². The Balaban J connectivity index is 1.56. The van der Waals surface area contributed by atoms with Gasteiger partial charge in [0, 0.05) is 18.5 Å². The van der Waals surface area contributed by atoms with E-state index in [0.29, 0.717) is 18.2 Å². The van der Waals surface area contributed by atoms with Crippen LogP contribution in [0.25, 0.3) is 11.5 Å². The fraction of sp³-hybridized carbons (Fsp3) is 0.263. The van der Waals surface area contributed by atoms with Crippen LogP contribution in [-0.4, -0.2) is 25.2 Å². The molecule has 6 nitrogen and oxygen atoms in total. The summed E-state index contributed by atoms with van der Waals surface area (Å²) in [5.74, 6) is 0.799. The Morgan fingerprint density at radius 1 is 1.00 bits per heavy atom. The van der Waals surface area contributed by atoms with Crippen LogP contribution in [-0.2, 0) is 22.2 Å². The van der Waals surface area contributed by atoms with E-state index in [1.165, 1.54) is 0 Å². The van der Waals surface area contributed by atoms with E-state index in [1.54, 1.807) is 0 Å². The predicted molar refractivity (Wildman–Crippen MR) is 100.0 cm³/mol. The van der Waals surface area contributed by atoms with E-state index in [1.807, 2.05) is 62.4 Å². The molecule has 0 radical (unpaired) electrons. The zero-order valence-corrected chi connectivity index (χ0v) is 15.6. The smallest absolute Gasteiger partial charge is 0.247 e. The second-order valence-corrected chi connectivity index (χ2v) is 8.01.